The molecule has 0 aromatic heterocycles. The molecular formula is C18H24N2O. The molecule has 2 rings (SSSR count). The lowest BCUT2D eigenvalue weighted by atomic mass is 10.1. The third-order valence-corrected chi connectivity index (χ3v) is 4.05. The molecule has 1 aromatic rings. The summed E-state index contributed by atoms with van der Waals surface area (Å²) in [6.07, 6.45) is 7.25. The molecule has 3 heteroatoms. The lowest BCUT2D eigenvalue weighted by Gasteiger charge is -2.36. The molecule has 1 aliphatic rings. The molecule has 0 radical (unpaired) electrons. The van der Waals surface area contributed by atoms with Crippen molar-refractivity contribution in [2.24, 2.45) is 0 Å². The summed E-state index contributed by atoms with van der Waals surface area (Å²) >= 11 is 0. The molecule has 0 unspecified atom stereocenters. The van der Waals surface area contributed by atoms with Crippen LogP contribution in [-0.2, 0) is 4.79 Å². The van der Waals surface area contributed by atoms with E-state index in [1.54, 1.807) is 12.2 Å². The average Bonchev–Trinajstić information content (AvgIpc) is 2.50. The predicted molar refractivity (Wildman–Crippen MR) is 88.7 cm³/mol. The van der Waals surface area contributed by atoms with Gasteiger partial charge in [0.05, 0.1) is 0 Å². The molecule has 0 aliphatic carbocycles. The van der Waals surface area contributed by atoms with Crippen LogP contribution >= 0.6 is 0 Å². The molecule has 1 amide bonds. The van der Waals surface area contributed by atoms with Gasteiger partial charge in [0.25, 0.3) is 0 Å². The van der Waals surface area contributed by atoms with Gasteiger partial charge in [-0.05, 0) is 38.0 Å². The lowest BCUT2D eigenvalue weighted by molar-refractivity contribution is -0.126. The minimum atomic E-state index is 0.105. The molecule has 0 spiro atoms. The minimum Gasteiger partial charge on any atom is -0.368 e. The van der Waals surface area contributed by atoms with E-state index in [0.29, 0.717) is 0 Å². The summed E-state index contributed by atoms with van der Waals surface area (Å²) < 4.78 is 0. The Morgan fingerprint density at radius 1 is 1.10 bits per heavy atom. The maximum absolute atomic E-state index is 12.0. The first-order chi connectivity index (χ1) is 10.1. The van der Waals surface area contributed by atoms with Crippen LogP contribution in [0.2, 0.25) is 0 Å². The van der Waals surface area contributed by atoms with E-state index in [-0.39, 0.29) is 5.91 Å². The molecule has 1 heterocycles. The van der Waals surface area contributed by atoms with E-state index in [4.69, 9.17) is 0 Å². The molecule has 0 bridgehead atoms. The number of nitrogens with zero attached hydrogens (tertiary/aromatic N) is 2. The van der Waals surface area contributed by atoms with Crippen molar-refractivity contribution in [2.45, 2.75) is 20.8 Å². The number of amides is 1. The van der Waals surface area contributed by atoms with E-state index < -0.39 is 0 Å². The summed E-state index contributed by atoms with van der Waals surface area (Å²) in [6.45, 7) is 9.62. The molecule has 0 saturated carbocycles. The Kier molecular flexibility index (Phi) is 5.20. The molecule has 112 valence electrons. The molecule has 1 aromatic carbocycles. The molecule has 0 N–H and O–H groups in total. The minimum absolute atomic E-state index is 0.105. The first-order valence-electron chi connectivity index (χ1n) is 7.53. The third kappa shape index (κ3) is 3.75. The van der Waals surface area contributed by atoms with Crippen molar-refractivity contribution in [3.05, 3.63) is 53.6 Å². The van der Waals surface area contributed by atoms with Gasteiger partial charge in [-0.2, -0.15) is 0 Å². The van der Waals surface area contributed by atoms with Crippen LogP contribution in [0.4, 0.5) is 5.69 Å². The average molecular weight is 284 g/mol. The van der Waals surface area contributed by atoms with Crippen molar-refractivity contribution in [3.8, 4) is 0 Å². The summed E-state index contributed by atoms with van der Waals surface area (Å²) in [5, 5.41) is 0. The van der Waals surface area contributed by atoms with Crippen molar-refractivity contribution in [3.63, 3.8) is 0 Å². The molecule has 1 fully saturated rings. The number of allylic oxidation sites excluding steroid dienone is 3. The van der Waals surface area contributed by atoms with Crippen molar-refractivity contribution in [1.29, 1.82) is 0 Å². The van der Waals surface area contributed by atoms with E-state index in [9.17, 15) is 4.79 Å². The molecule has 1 aliphatic heterocycles. The number of hydrogen-bond donors (Lipinski definition) is 0. The van der Waals surface area contributed by atoms with Crippen LogP contribution in [-0.4, -0.2) is 37.0 Å². The fourth-order valence-corrected chi connectivity index (χ4v) is 2.60. The molecule has 0 atom stereocenters. The van der Waals surface area contributed by atoms with Gasteiger partial charge in [-0.1, -0.05) is 30.4 Å². The van der Waals surface area contributed by atoms with Crippen LogP contribution in [0.25, 0.3) is 0 Å². The number of hydrogen-bond acceptors (Lipinski definition) is 2. The Morgan fingerprint density at radius 3 is 2.48 bits per heavy atom. The van der Waals surface area contributed by atoms with E-state index in [2.05, 4.69) is 36.9 Å². The molecule has 3 nitrogen and oxygen atoms in total. The van der Waals surface area contributed by atoms with Crippen LogP contribution in [0.1, 0.15) is 18.1 Å². The van der Waals surface area contributed by atoms with Gasteiger partial charge in [0.15, 0.2) is 0 Å². The van der Waals surface area contributed by atoms with Gasteiger partial charge in [-0.15, -0.1) is 0 Å². The van der Waals surface area contributed by atoms with Gasteiger partial charge in [0.2, 0.25) is 5.91 Å². The zero-order chi connectivity index (χ0) is 15.2. The van der Waals surface area contributed by atoms with Gasteiger partial charge in [-0.3, -0.25) is 4.79 Å². The Hall–Kier alpha value is -2.03. The number of aryl methyl sites for hydroxylation is 1. The zero-order valence-corrected chi connectivity index (χ0v) is 13.2. The molecular weight excluding hydrogens is 260 g/mol. The van der Waals surface area contributed by atoms with Crippen LogP contribution in [0.15, 0.2) is 42.5 Å². The monoisotopic (exact) mass is 284 g/mol. The van der Waals surface area contributed by atoms with Crippen LogP contribution in [0.5, 0.6) is 0 Å². The van der Waals surface area contributed by atoms with Crippen LogP contribution < -0.4 is 4.90 Å². The van der Waals surface area contributed by atoms with Crippen molar-refractivity contribution in [1.82, 2.24) is 4.90 Å². The highest BCUT2D eigenvalue weighted by molar-refractivity contribution is 5.88. The topological polar surface area (TPSA) is 23.6 Å². The number of rotatable bonds is 3. The second kappa shape index (κ2) is 7.11. The molecule has 21 heavy (non-hydrogen) atoms. The van der Waals surface area contributed by atoms with Gasteiger partial charge in [-0.25, -0.2) is 0 Å². The van der Waals surface area contributed by atoms with E-state index in [0.717, 1.165) is 26.2 Å². The van der Waals surface area contributed by atoms with Crippen molar-refractivity contribution in [2.75, 3.05) is 31.1 Å². The SMILES string of the molecule is C/C=C/C=C/C(=O)N1CCN(c2cccc(C)c2C)CC1. The van der Waals surface area contributed by atoms with Crippen LogP contribution in [0, 0.1) is 13.8 Å². The maximum atomic E-state index is 12.0. The lowest BCUT2D eigenvalue weighted by Crippen LogP contribution is -2.48. The highest BCUT2D eigenvalue weighted by Crippen LogP contribution is 2.23. The highest BCUT2D eigenvalue weighted by atomic mass is 16.2. The summed E-state index contributed by atoms with van der Waals surface area (Å²) in [6, 6.07) is 6.42. The fraction of sp³-hybridized carbons (Fsp3) is 0.389. The summed E-state index contributed by atoms with van der Waals surface area (Å²) in [5.41, 5.74) is 3.96. The maximum Gasteiger partial charge on any atom is 0.246 e. The summed E-state index contributed by atoms with van der Waals surface area (Å²) in [5.74, 6) is 0.105. The quantitative estimate of drug-likeness (QED) is 0.629. The standard InChI is InChI=1S/C18H24N2O/c1-4-5-6-10-18(21)20-13-11-19(12-14-20)17-9-7-8-15(2)16(17)3/h4-10H,11-14H2,1-3H3/b5-4+,10-6+. The second-order valence-corrected chi connectivity index (χ2v) is 5.42. The van der Waals surface area contributed by atoms with Gasteiger partial charge >= 0.3 is 0 Å². The van der Waals surface area contributed by atoms with E-state index in [1.165, 1.54) is 16.8 Å². The van der Waals surface area contributed by atoms with Gasteiger partial charge in [0.1, 0.15) is 0 Å². The number of benzene rings is 1. The smallest absolute Gasteiger partial charge is 0.246 e. The Labute approximate surface area is 127 Å². The molecule has 1 saturated heterocycles. The second-order valence-electron chi connectivity index (χ2n) is 5.42. The van der Waals surface area contributed by atoms with E-state index in [1.807, 2.05) is 24.0 Å². The Bertz CT molecular complexity index is 552. The van der Waals surface area contributed by atoms with Gasteiger partial charge < -0.3 is 9.80 Å². The zero-order valence-electron chi connectivity index (χ0n) is 13.2. The van der Waals surface area contributed by atoms with Crippen molar-refractivity contribution < 1.29 is 4.79 Å². The first kappa shape index (κ1) is 15.4. The van der Waals surface area contributed by atoms with Crippen LogP contribution in [0.3, 0.4) is 0 Å². The summed E-state index contributed by atoms with van der Waals surface area (Å²) in [4.78, 5) is 16.3. The largest absolute Gasteiger partial charge is 0.368 e. The number of anilines is 1. The predicted octanol–water partition coefficient (Wildman–Crippen LogP) is 3.08. The van der Waals surface area contributed by atoms with Crippen molar-refractivity contribution >= 4 is 11.6 Å². The third-order valence-electron chi connectivity index (χ3n) is 4.05. The Balaban J connectivity index is 1.97. The number of carbonyl (C=O) groups excluding carboxylic acids is 1. The van der Waals surface area contributed by atoms with Gasteiger partial charge in [0, 0.05) is 37.9 Å². The highest BCUT2D eigenvalue weighted by Gasteiger charge is 2.20. The number of piperazine rings is 1. The number of carbonyl (C=O) groups is 1. The summed E-state index contributed by atoms with van der Waals surface area (Å²) in [7, 11) is 0. The van der Waals surface area contributed by atoms with E-state index >= 15 is 0 Å². The first-order valence-corrected chi connectivity index (χ1v) is 7.53. The fourth-order valence-electron chi connectivity index (χ4n) is 2.60. The Morgan fingerprint density at radius 2 is 1.81 bits per heavy atom. The normalized spacial score (nSPS) is 16.1.